The third kappa shape index (κ3) is 4.15. The molecule has 0 amide bonds. The highest BCUT2D eigenvalue weighted by Gasteiger charge is 2.35. The third-order valence-electron chi connectivity index (χ3n) is 3.62. The Hall–Kier alpha value is -0.660. The summed E-state index contributed by atoms with van der Waals surface area (Å²) in [5.41, 5.74) is 0. The molecular weight excluding hydrogens is 268 g/mol. The minimum Gasteiger partial charge on any atom is -0.480 e. The van der Waals surface area contributed by atoms with E-state index in [0.29, 0.717) is 25.4 Å². The molecule has 0 aromatic rings. The van der Waals surface area contributed by atoms with Crippen molar-refractivity contribution < 1.29 is 18.3 Å². The molecule has 1 aliphatic rings. The van der Waals surface area contributed by atoms with Crippen molar-refractivity contribution in [2.24, 2.45) is 5.92 Å². The summed E-state index contributed by atoms with van der Waals surface area (Å²) < 4.78 is 27.6. The summed E-state index contributed by atoms with van der Waals surface area (Å²) >= 11 is 0. The summed E-state index contributed by atoms with van der Waals surface area (Å²) in [4.78, 5) is 10.9. The Morgan fingerprint density at radius 3 is 2.63 bits per heavy atom. The number of hydrogen-bond donors (Lipinski definition) is 1. The first-order chi connectivity index (χ1) is 8.78. The second kappa shape index (κ2) is 6.67. The zero-order valence-corrected chi connectivity index (χ0v) is 12.7. The largest absolute Gasteiger partial charge is 0.480 e. The summed E-state index contributed by atoms with van der Waals surface area (Å²) in [6.45, 7) is 6.12. The fourth-order valence-electron chi connectivity index (χ4n) is 2.31. The van der Waals surface area contributed by atoms with Crippen molar-refractivity contribution in [1.82, 2.24) is 8.61 Å². The molecule has 0 aromatic heterocycles. The Labute approximate surface area is 115 Å². The molecule has 0 aliphatic carbocycles. The van der Waals surface area contributed by atoms with Crippen LogP contribution in [0.25, 0.3) is 0 Å². The Morgan fingerprint density at radius 2 is 2.16 bits per heavy atom. The zero-order valence-electron chi connectivity index (χ0n) is 11.9. The minimum absolute atomic E-state index is 0.307. The molecule has 1 N–H and O–H groups in total. The van der Waals surface area contributed by atoms with Gasteiger partial charge in [0.2, 0.25) is 0 Å². The van der Waals surface area contributed by atoms with Crippen LogP contribution in [0.2, 0.25) is 0 Å². The van der Waals surface area contributed by atoms with Crippen LogP contribution in [0, 0.1) is 5.92 Å². The summed E-state index contributed by atoms with van der Waals surface area (Å²) in [6, 6.07) is -0.307. The lowest BCUT2D eigenvalue weighted by atomic mass is 10.0. The van der Waals surface area contributed by atoms with Gasteiger partial charge in [0.05, 0.1) is 0 Å². The Bertz CT molecular complexity index is 410. The van der Waals surface area contributed by atoms with Crippen LogP contribution in [-0.2, 0) is 15.0 Å². The number of rotatable bonds is 6. The van der Waals surface area contributed by atoms with Crippen LogP contribution in [0.3, 0.4) is 0 Å². The molecule has 1 saturated heterocycles. The average molecular weight is 292 g/mol. The summed E-state index contributed by atoms with van der Waals surface area (Å²) in [5, 5.41) is 8.92. The maximum absolute atomic E-state index is 12.6. The third-order valence-corrected chi connectivity index (χ3v) is 5.68. The van der Waals surface area contributed by atoms with Crippen molar-refractivity contribution in [1.29, 1.82) is 0 Å². The van der Waals surface area contributed by atoms with E-state index in [0.717, 1.165) is 17.1 Å². The van der Waals surface area contributed by atoms with Gasteiger partial charge in [-0.05, 0) is 32.1 Å². The number of carboxylic acids is 1. The molecule has 2 unspecified atom stereocenters. The standard InChI is InChI=1S/C12H24N2O4S/c1-4-11(3)14(9-12(15)16)19(17,18)13-7-5-6-10(2)8-13/h10-11H,4-9H2,1-3H3,(H,15,16). The molecule has 1 aliphatic heterocycles. The van der Waals surface area contributed by atoms with Crippen molar-refractivity contribution in [3.05, 3.63) is 0 Å². The van der Waals surface area contributed by atoms with Gasteiger partial charge >= 0.3 is 5.97 Å². The van der Waals surface area contributed by atoms with Crippen molar-refractivity contribution >= 4 is 16.2 Å². The highest BCUT2D eigenvalue weighted by atomic mass is 32.2. The van der Waals surface area contributed by atoms with Crippen molar-refractivity contribution in [3.8, 4) is 0 Å². The van der Waals surface area contributed by atoms with E-state index in [1.165, 1.54) is 4.31 Å². The maximum Gasteiger partial charge on any atom is 0.318 e. The van der Waals surface area contributed by atoms with Gasteiger partial charge in [-0.2, -0.15) is 17.0 Å². The molecule has 1 fully saturated rings. The quantitative estimate of drug-likeness (QED) is 0.796. The van der Waals surface area contributed by atoms with Gasteiger partial charge in [-0.1, -0.05) is 13.8 Å². The Morgan fingerprint density at radius 1 is 1.53 bits per heavy atom. The number of carboxylic acid groups (broad SMARTS) is 1. The fourth-order valence-corrected chi connectivity index (χ4v) is 4.28. The lowest BCUT2D eigenvalue weighted by molar-refractivity contribution is -0.137. The van der Waals surface area contributed by atoms with E-state index >= 15 is 0 Å². The van der Waals surface area contributed by atoms with Crippen LogP contribution in [-0.4, -0.2) is 53.8 Å². The molecule has 0 spiro atoms. The van der Waals surface area contributed by atoms with E-state index < -0.39 is 22.7 Å². The summed E-state index contributed by atoms with van der Waals surface area (Å²) in [5.74, 6) is -0.791. The van der Waals surface area contributed by atoms with Crippen LogP contribution in [0.1, 0.15) is 40.0 Å². The second-order valence-corrected chi connectivity index (χ2v) is 7.19. The molecule has 19 heavy (non-hydrogen) atoms. The van der Waals surface area contributed by atoms with Crippen molar-refractivity contribution in [2.75, 3.05) is 19.6 Å². The van der Waals surface area contributed by atoms with Gasteiger partial charge in [-0.25, -0.2) is 0 Å². The molecule has 1 heterocycles. The van der Waals surface area contributed by atoms with Gasteiger partial charge in [0.1, 0.15) is 6.54 Å². The number of aliphatic carboxylic acids is 1. The van der Waals surface area contributed by atoms with Gasteiger partial charge in [0.25, 0.3) is 10.2 Å². The van der Waals surface area contributed by atoms with E-state index in [2.05, 4.69) is 0 Å². The highest BCUT2D eigenvalue weighted by Crippen LogP contribution is 2.22. The van der Waals surface area contributed by atoms with Gasteiger partial charge in [0.15, 0.2) is 0 Å². The average Bonchev–Trinajstić information content (AvgIpc) is 2.34. The summed E-state index contributed by atoms with van der Waals surface area (Å²) in [7, 11) is -3.68. The van der Waals surface area contributed by atoms with Gasteiger partial charge in [0, 0.05) is 19.1 Å². The topological polar surface area (TPSA) is 77.9 Å². The predicted octanol–water partition coefficient (Wildman–Crippen LogP) is 1.15. The number of piperidine rings is 1. The molecular formula is C12H24N2O4S. The van der Waals surface area contributed by atoms with Crippen LogP contribution in [0.4, 0.5) is 0 Å². The van der Waals surface area contributed by atoms with Crippen LogP contribution in [0.15, 0.2) is 0 Å². The molecule has 112 valence electrons. The Balaban J connectivity index is 2.94. The second-order valence-electron chi connectivity index (χ2n) is 5.31. The first-order valence-corrected chi connectivity index (χ1v) is 8.17. The van der Waals surface area contributed by atoms with Crippen LogP contribution in [0.5, 0.6) is 0 Å². The van der Waals surface area contributed by atoms with Gasteiger partial charge in [-0.15, -0.1) is 0 Å². The number of nitrogens with zero attached hydrogens (tertiary/aromatic N) is 2. The van der Waals surface area contributed by atoms with Crippen LogP contribution < -0.4 is 0 Å². The van der Waals surface area contributed by atoms with Crippen LogP contribution >= 0.6 is 0 Å². The molecule has 1 rings (SSSR count). The smallest absolute Gasteiger partial charge is 0.318 e. The molecule has 6 nitrogen and oxygen atoms in total. The maximum atomic E-state index is 12.6. The molecule has 0 saturated carbocycles. The lowest BCUT2D eigenvalue weighted by Crippen LogP contribution is -2.51. The van der Waals surface area contributed by atoms with Crippen molar-refractivity contribution in [2.45, 2.75) is 46.1 Å². The molecule has 0 aromatic carbocycles. The van der Waals surface area contributed by atoms with Gasteiger partial charge < -0.3 is 5.11 Å². The van der Waals surface area contributed by atoms with Gasteiger partial charge in [-0.3, -0.25) is 4.79 Å². The molecule has 0 bridgehead atoms. The first kappa shape index (κ1) is 16.4. The minimum atomic E-state index is -3.68. The Kier molecular flexibility index (Phi) is 5.76. The molecule has 2 atom stereocenters. The normalized spacial score (nSPS) is 23.5. The summed E-state index contributed by atoms with van der Waals surface area (Å²) in [6.07, 6.45) is 2.45. The monoisotopic (exact) mass is 292 g/mol. The molecule has 0 radical (unpaired) electrons. The van der Waals surface area contributed by atoms with E-state index in [9.17, 15) is 13.2 Å². The predicted molar refractivity (Wildman–Crippen MR) is 73.0 cm³/mol. The number of hydrogen-bond acceptors (Lipinski definition) is 3. The van der Waals surface area contributed by atoms with E-state index in [-0.39, 0.29) is 6.04 Å². The van der Waals surface area contributed by atoms with E-state index in [1.807, 2.05) is 13.8 Å². The first-order valence-electron chi connectivity index (χ1n) is 6.77. The highest BCUT2D eigenvalue weighted by molar-refractivity contribution is 7.86. The van der Waals surface area contributed by atoms with E-state index in [4.69, 9.17) is 5.11 Å². The zero-order chi connectivity index (χ0) is 14.6. The SMILES string of the molecule is CCC(C)N(CC(=O)O)S(=O)(=O)N1CCCC(C)C1. The van der Waals surface area contributed by atoms with Crippen molar-refractivity contribution in [3.63, 3.8) is 0 Å². The number of carbonyl (C=O) groups is 1. The molecule has 7 heteroatoms. The lowest BCUT2D eigenvalue weighted by Gasteiger charge is -2.36. The fraction of sp³-hybridized carbons (Fsp3) is 0.917. The van der Waals surface area contributed by atoms with E-state index in [1.54, 1.807) is 6.92 Å².